The molecule has 0 aliphatic carbocycles. The van der Waals surface area contributed by atoms with Gasteiger partial charge in [0, 0.05) is 0 Å². The van der Waals surface area contributed by atoms with Gasteiger partial charge in [-0.2, -0.15) is 0 Å². The SMILES string of the molecule is CCCCCCNCCCCCC[O]. The van der Waals surface area contributed by atoms with E-state index in [2.05, 4.69) is 12.2 Å². The first-order chi connectivity index (χ1) is 6.91. The average Bonchev–Trinajstić information content (AvgIpc) is 2.21. The maximum absolute atomic E-state index is 10.1. The molecule has 2 heteroatoms. The fourth-order valence-electron chi connectivity index (χ4n) is 1.51. The Kier molecular flexibility index (Phi) is 12.8. The molecule has 1 radical (unpaired) electrons. The molecule has 0 unspecified atom stereocenters. The molecule has 0 saturated carbocycles. The number of rotatable bonds is 11. The van der Waals surface area contributed by atoms with Crippen LogP contribution in [0.25, 0.3) is 0 Å². The second-order valence-corrected chi connectivity index (χ2v) is 3.93. The lowest BCUT2D eigenvalue weighted by Gasteiger charge is -2.03. The maximum atomic E-state index is 10.1. The van der Waals surface area contributed by atoms with Crippen molar-refractivity contribution in [1.82, 2.24) is 5.32 Å². The summed E-state index contributed by atoms with van der Waals surface area (Å²) in [6.07, 6.45) is 9.77. The van der Waals surface area contributed by atoms with Gasteiger partial charge in [0.05, 0.1) is 6.61 Å². The van der Waals surface area contributed by atoms with Crippen LogP contribution in [-0.4, -0.2) is 19.7 Å². The number of hydrogen-bond acceptors (Lipinski definition) is 1. The molecule has 0 bridgehead atoms. The van der Waals surface area contributed by atoms with E-state index in [1.165, 1.54) is 45.1 Å². The van der Waals surface area contributed by atoms with Crippen molar-refractivity contribution >= 4 is 0 Å². The van der Waals surface area contributed by atoms with Crippen molar-refractivity contribution in [2.45, 2.75) is 58.3 Å². The van der Waals surface area contributed by atoms with Crippen molar-refractivity contribution < 1.29 is 5.11 Å². The maximum Gasteiger partial charge on any atom is 0.0822 e. The summed E-state index contributed by atoms with van der Waals surface area (Å²) in [6.45, 7) is 4.64. The summed E-state index contributed by atoms with van der Waals surface area (Å²) in [4.78, 5) is 0. The third kappa shape index (κ3) is 11.9. The van der Waals surface area contributed by atoms with Crippen LogP contribution in [0.3, 0.4) is 0 Å². The zero-order valence-electron chi connectivity index (χ0n) is 9.69. The van der Waals surface area contributed by atoms with Gasteiger partial charge in [0.15, 0.2) is 0 Å². The van der Waals surface area contributed by atoms with Crippen LogP contribution >= 0.6 is 0 Å². The number of hydrogen-bond donors (Lipinski definition) is 1. The standard InChI is InChI=1S/C12H26NO/c1-2-3-4-7-10-13-11-8-5-6-9-12-14/h13H,2-12H2,1H3. The Morgan fingerprint density at radius 1 is 0.786 bits per heavy atom. The smallest absolute Gasteiger partial charge is 0.0822 e. The predicted octanol–water partition coefficient (Wildman–Crippen LogP) is 3.15. The minimum atomic E-state index is 0.102. The molecule has 14 heavy (non-hydrogen) atoms. The molecule has 0 heterocycles. The lowest BCUT2D eigenvalue weighted by Crippen LogP contribution is -2.16. The molecular formula is C12H26NO. The van der Waals surface area contributed by atoms with Crippen molar-refractivity contribution in [3.05, 3.63) is 0 Å². The molecular weight excluding hydrogens is 174 g/mol. The van der Waals surface area contributed by atoms with Gasteiger partial charge in [-0.1, -0.05) is 39.0 Å². The molecule has 0 aromatic carbocycles. The molecule has 85 valence electrons. The molecule has 0 atom stereocenters. The van der Waals surface area contributed by atoms with Crippen molar-refractivity contribution in [2.24, 2.45) is 0 Å². The summed E-state index contributed by atoms with van der Waals surface area (Å²) in [6, 6.07) is 0. The van der Waals surface area contributed by atoms with Crippen LogP contribution in [0.5, 0.6) is 0 Å². The summed E-state index contributed by atoms with van der Waals surface area (Å²) in [5.41, 5.74) is 0. The second-order valence-electron chi connectivity index (χ2n) is 3.93. The molecule has 2 nitrogen and oxygen atoms in total. The van der Waals surface area contributed by atoms with Gasteiger partial charge >= 0.3 is 0 Å². The normalized spacial score (nSPS) is 10.7. The highest BCUT2D eigenvalue weighted by Gasteiger charge is 1.90. The summed E-state index contributed by atoms with van der Waals surface area (Å²) in [5.74, 6) is 0. The van der Waals surface area contributed by atoms with Crippen molar-refractivity contribution in [2.75, 3.05) is 19.7 Å². The van der Waals surface area contributed by atoms with E-state index in [4.69, 9.17) is 0 Å². The van der Waals surface area contributed by atoms with Gasteiger partial charge in [-0.05, 0) is 32.4 Å². The van der Waals surface area contributed by atoms with Crippen LogP contribution in [0.4, 0.5) is 0 Å². The lowest BCUT2D eigenvalue weighted by atomic mass is 10.2. The summed E-state index contributed by atoms with van der Waals surface area (Å²) in [7, 11) is 0. The van der Waals surface area contributed by atoms with E-state index in [1.807, 2.05) is 0 Å². The van der Waals surface area contributed by atoms with Crippen LogP contribution < -0.4 is 5.32 Å². The largest absolute Gasteiger partial charge is 0.317 e. The van der Waals surface area contributed by atoms with Gasteiger partial charge in [0.25, 0.3) is 0 Å². The van der Waals surface area contributed by atoms with E-state index < -0.39 is 0 Å². The Balaban J connectivity index is 2.78. The average molecular weight is 200 g/mol. The van der Waals surface area contributed by atoms with Crippen LogP contribution in [0.1, 0.15) is 58.3 Å². The highest BCUT2D eigenvalue weighted by atomic mass is 16.2. The van der Waals surface area contributed by atoms with Gasteiger partial charge in [-0.3, -0.25) is 0 Å². The number of unbranched alkanes of at least 4 members (excludes halogenated alkanes) is 6. The minimum absolute atomic E-state index is 0.102. The van der Waals surface area contributed by atoms with Crippen LogP contribution in [0, 0.1) is 0 Å². The predicted molar refractivity (Wildman–Crippen MR) is 61.0 cm³/mol. The van der Waals surface area contributed by atoms with E-state index in [9.17, 15) is 5.11 Å². The molecule has 0 aliphatic rings. The first-order valence-electron chi connectivity index (χ1n) is 6.20. The third-order valence-electron chi connectivity index (χ3n) is 2.45. The van der Waals surface area contributed by atoms with Gasteiger partial charge < -0.3 is 5.32 Å². The molecule has 0 fully saturated rings. The second kappa shape index (κ2) is 12.9. The van der Waals surface area contributed by atoms with Gasteiger partial charge in [0.1, 0.15) is 0 Å². The van der Waals surface area contributed by atoms with E-state index in [1.54, 1.807) is 0 Å². The fourth-order valence-corrected chi connectivity index (χ4v) is 1.51. The molecule has 0 spiro atoms. The van der Waals surface area contributed by atoms with E-state index in [0.29, 0.717) is 0 Å². The van der Waals surface area contributed by atoms with Crippen LogP contribution in [0.15, 0.2) is 0 Å². The Morgan fingerprint density at radius 2 is 1.36 bits per heavy atom. The monoisotopic (exact) mass is 200 g/mol. The summed E-state index contributed by atoms with van der Waals surface area (Å²) >= 11 is 0. The quantitative estimate of drug-likeness (QED) is 0.510. The Morgan fingerprint density at radius 3 is 1.93 bits per heavy atom. The van der Waals surface area contributed by atoms with E-state index >= 15 is 0 Å². The first-order valence-corrected chi connectivity index (χ1v) is 6.20. The molecule has 0 saturated heterocycles. The van der Waals surface area contributed by atoms with Crippen LogP contribution in [-0.2, 0) is 5.11 Å². The summed E-state index contributed by atoms with van der Waals surface area (Å²) < 4.78 is 0. The third-order valence-corrected chi connectivity index (χ3v) is 2.45. The zero-order chi connectivity index (χ0) is 10.5. The van der Waals surface area contributed by atoms with Crippen molar-refractivity contribution in [1.29, 1.82) is 0 Å². The molecule has 0 aromatic heterocycles. The Labute approximate surface area is 89.1 Å². The zero-order valence-corrected chi connectivity index (χ0v) is 9.69. The van der Waals surface area contributed by atoms with Crippen molar-refractivity contribution in [3.63, 3.8) is 0 Å². The molecule has 0 amide bonds. The Hall–Kier alpha value is -0.0800. The van der Waals surface area contributed by atoms with Crippen LogP contribution in [0.2, 0.25) is 0 Å². The minimum Gasteiger partial charge on any atom is -0.317 e. The highest BCUT2D eigenvalue weighted by Crippen LogP contribution is 1.99. The van der Waals surface area contributed by atoms with E-state index in [-0.39, 0.29) is 6.61 Å². The van der Waals surface area contributed by atoms with E-state index in [0.717, 1.165) is 19.4 Å². The molecule has 0 rings (SSSR count). The molecule has 1 N–H and O–H groups in total. The van der Waals surface area contributed by atoms with Crippen molar-refractivity contribution in [3.8, 4) is 0 Å². The number of nitrogens with one attached hydrogen (secondary N) is 1. The van der Waals surface area contributed by atoms with Gasteiger partial charge in [-0.15, -0.1) is 0 Å². The fraction of sp³-hybridized carbons (Fsp3) is 1.00. The highest BCUT2D eigenvalue weighted by molar-refractivity contribution is 4.50. The first kappa shape index (κ1) is 13.9. The van der Waals surface area contributed by atoms with Gasteiger partial charge in [0.2, 0.25) is 0 Å². The molecule has 0 aliphatic heterocycles. The molecule has 0 aromatic rings. The Bertz CT molecular complexity index is 84.3. The lowest BCUT2D eigenvalue weighted by molar-refractivity contribution is 0.186. The summed E-state index contributed by atoms with van der Waals surface area (Å²) in [5, 5.41) is 13.6. The topological polar surface area (TPSA) is 31.9 Å². The van der Waals surface area contributed by atoms with Gasteiger partial charge in [-0.25, -0.2) is 5.11 Å².